The number of ether oxygens (including phenoxy) is 1. The highest BCUT2D eigenvalue weighted by molar-refractivity contribution is 6.61. The summed E-state index contributed by atoms with van der Waals surface area (Å²) in [6, 6.07) is 2.86. The van der Waals surface area contributed by atoms with Crippen molar-refractivity contribution in [3.05, 3.63) is 35.7 Å². The number of aliphatic carboxylic acids is 1. The number of benzene rings is 1. The minimum atomic E-state index is -1.61. The molecule has 1 unspecified atom stereocenters. The SMILES string of the molecule is C[C@@H]1CC[C@@]23CCC(=O)[C@H]2[C@@]1(C)[C@H](C(Oc1ccc2c(c1F)B(O)OC2)C(=O)O)C[C@@](C)(/C=C/C(N)=O)[C@@H](O)[C@@H]3C. The number of ketones is 1. The summed E-state index contributed by atoms with van der Waals surface area (Å²) in [6.07, 6.45) is 2.48. The zero-order chi connectivity index (χ0) is 30.1. The number of carbonyl (C=O) groups excluding carboxylic acids is 2. The van der Waals surface area contributed by atoms with Gasteiger partial charge in [0.05, 0.1) is 12.7 Å². The molecule has 2 bridgehead atoms. The summed E-state index contributed by atoms with van der Waals surface area (Å²) in [7, 11) is -1.50. The fourth-order valence-electron chi connectivity index (χ4n) is 8.94. The van der Waals surface area contributed by atoms with Gasteiger partial charge in [0.2, 0.25) is 5.91 Å². The number of carboxylic acids is 1. The Kier molecular flexibility index (Phi) is 7.40. The first-order valence-electron chi connectivity index (χ1n) is 14.4. The van der Waals surface area contributed by atoms with E-state index in [1.165, 1.54) is 18.2 Å². The summed E-state index contributed by atoms with van der Waals surface area (Å²) < 4.78 is 26.8. The minimum Gasteiger partial charge on any atom is -0.478 e. The Balaban J connectivity index is 1.69. The number of carboxylic acid groups (broad SMARTS) is 1. The molecule has 1 aromatic rings. The lowest BCUT2D eigenvalue weighted by Crippen LogP contribution is -2.63. The number of halogens is 1. The van der Waals surface area contributed by atoms with Gasteiger partial charge in [0, 0.05) is 29.1 Å². The molecule has 1 aliphatic heterocycles. The molecule has 5 rings (SSSR count). The molecule has 0 spiro atoms. The molecule has 3 aliphatic carbocycles. The van der Waals surface area contributed by atoms with Gasteiger partial charge in [-0.15, -0.1) is 0 Å². The van der Waals surface area contributed by atoms with Gasteiger partial charge in [0.25, 0.3) is 0 Å². The maximum absolute atomic E-state index is 15.6. The molecule has 3 saturated carbocycles. The first kappa shape index (κ1) is 29.7. The zero-order valence-corrected chi connectivity index (χ0v) is 23.9. The number of Topliss-reactive ketones (excluding diaryl/α,β-unsaturated/α-hetero) is 1. The predicted octanol–water partition coefficient (Wildman–Crippen LogP) is 2.34. The Hall–Kier alpha value is -2.76. The minimum absolute atomic E-state index is 0.0147. The maximum atomic E-state index is 15.6. The Morgan fingerprint density at radius 2 is 1.98 bits per heavy atom. The molecule has 4 aliphatic rings. The summed E-state index contributed by atoms with van der Waals surface area (Å²) in [5, 5.41) is 32.7. The number of fused-ring (bicyclic) bond motifs is 1. The number of nitrogens with two attached hydrogens (primary N) is 1. The number of amides is 1. The molecule has 3 fully saturated rings. The molecule has 9 atom stereocenters. The second-order valence-corrected chi connectivity index (χ2v) is 13.2. The van der Waals surface area contributed by atoms with Crippen molar-refractivity contribution in [1.82, 2.24) is 0 Å². The van der Waals surface area contributed by atoms with Crippen LogP contribution in [0.3, 0.4) is 0 Å². The zero-order valence-electron chi connectivity index (χ0n) is 23.9. The van der Waals surface area contributed by atoms with Gasteiger partial charge in [0.15, 0.2) is 17.7 Å². The van der Waals surface area contributed by atoms with E-state index in [9.17, 15) is 29.6 Å². The lowest BCUT2D eigenvalue weighted by molar-refractivity contribution is -0.193. The number of hydrogen-bond acceptors (Lipinski definition) is 7. The van der Waals surface area contributed by atoms with Crippen molar-refractivity contribution in [3.63, 3.8) is 0 Å². The molecular formula is C30H39BFNO8. The van der Waals surface area contributed by atoms with Crippen LogP contribution in [0.5, 0.6) is 5.75 Å². The summed E-state index contributed by atoms with van der Waals surface area (Å²) in [6.45, 7) is 7.69. The third-order valence-corrected chi connectivity index (χ3v) is 11.3. The largest absolute Gasteiger partial charge is 0.494 e. The van der Waals surface area contributed by atoms with E-state index in [1.807, 2.05) is 20.8 Å². The van der Waals surface area contributed by atoms with Crippen molar-refractivity contribution in [2.75, 3.05) is 0 Å². The molecule has 9 nitrogen and oxygen atoms in total. The molecule has 0 aromatic heterocycles. The van der Waals surface area contributed by atoms with E-state index in [0.717, 1.165) is 6.42 Å². The molecule has 5 N–H and O–H groups in total. The van der Waals surface area contributed by atoms with Gasteiger partial charge >= 0.3 is 13.1 Å². The molecular weight excluding hydrogens is 532 g/mol. The summed E-state index contributed by atoms with van der Waals surface area (Å²) in [5.41, 5.74) is 3.21. The highest BCUT2D eigenvalue weighted by Crippen LogP contribution is 2.69. The number of rotatable bonds is 6. The van der Waals surface area contributed by atoms with Crippen LogP contribution in [0.4, 0.5) is 4.39 Å². The second-order valence-electron chi connectivity index (χ2n) is 13.2. The first-order valence-corrected chi connectivity index (χ1v) is 14.4. The fraction of sp³-hybridized carbons (Fsp3) is 0.633. The predicted molar refractivity (Wildman–Crippen MR) is 147 cm³/mol. The number of primary amides is 1. The van der Waals surface area contributed by atoms with Crippen LogP contribution in [0.25, 0.3) is 0 Å². The Morgan fingerprint density at radius 1 is 1.27 bits per heavy atom. The van der Waals surface area contributed by atoms with Gasteiger partial charge in [-0.1, -0.05) is 39.8 Å². The van der Waals surface area contributed by atoms with Crippen LogP contribution in [0.2, 0.25) is 0 Å². The van der Waals surface area contributed by atoms with Crippen LogP contribution in [-0.4, -0.2) is 52.2 Å². The van der Waals surface area contributed by atoms with Crippen LogP contribution in [0.15, 0.2) is 24.3 Å². The third kappa shape index (κ3) is 4.43. The molecule has 1 heterocycles. The number of hydrogen-bond donors (Lipinski definition) is 4. The second kappa shape index (κ2) is 10.2. The van der Waals surface area contributed by atoms with Crippen molar-refractivity contribution < 1.29 is 43.4 Å². The van der Waals surface area contributed by atoms with Crippen molar-refractivity contribution in [2.24, 2.45) is 45.7 Å². The molecule has 41 heavy (non-hydrogen) atoms. The van der Waals surface area contributed by atoms with E-state index >= 15 is 4.39 Å². The van der Waals surface area contributed by atoms with E-state index in [0.29, 0.717) is 24.8 Å². The van der Waals surface area contributed by atoms with Gasteiger partial charge in [-0.3, -0.25) is 9.59 Å². The molecule has 1 amide bonds. The quantitative estimate of drug-likeness (QED) is 0.300. The fourth-order valence-corrected chi connectivity index (χ4v) is 8.94. The van der Waals surface area contributed by atoms with E-state index in [4.69, 9.17) is 15.1 Å². The van der Waals surface area contributed by atoms with E-state index in [2.05, 4.69) is 0 Å². The van der Waals surface area contributed by atoms with Crippen molar-refractivity contribution in [1.29, 1.82) is 0 Å². The maximum Gasteiger partial charge on any atom is 0.494 e. The highest BCUT2D eigenvalue weighted by Gasteiger charge is 2.69. The van der Waals surface area contributed by atoms with Gasteiger partial charge in [0.1, 0.15) is 5.78 Å². The van der Waals surface area contributed by atoms with Crippen LogP contribution in [0, 0.1) is 45.7 Å². The molecule has 222 valence electrons. The smallest absolute Gasteiger partial charge is 0.478 e. The topological polar surface area (TPSA) is 156 Å². The van der Waals surface area contributed by atoms with E-state index in [1.54, 1.807) is 13.0 Å². The summed E-state index contributed by atoms with van der Waals surface area (Å²) in [5.74, 6) is -5.06. The lowest BCUT2D eigenvalue weighted by Gasteiger charge is -2.63. The van der Waals surface area contributed by atoms with Gasteiger partial charge in [-0.25, -0.2) is 9.18 Å². The Labute approximate surface area is 239 Å². The number of carbonyl (C=O) groups is 3. The Bertz CT molecular complexity index is 1310. The van der Waals surface area contributed by atoms with Gasteiger partial charge < -0.3 is 30.4 Å². The van der Waals surface area contributed by atoms with Crippen molar-refractivity contribution in [2.45, 2.75) is 78.6 Å². The summed E-state index contributed by atoms with van der Waals surface area (Å²) in [4.78, 5) is 38.6. The molecule has 0 saturated heterocycles. The number of aliphatic hydroxyl groups is 1. The van der Waals surface area contributed by atoms with Crippen LogP contribution in [-0.2, 0) is 25.6 Å². The average Bonchev–Trinajstić information content (AvgIpc) is 3.47. The van der Waals surface area contributed by atoms with Crippen LogP contribution < -0.4 is 15.9 Å². The van der Waals surface area contributed by atoms with Crippen LogP contribution in [0.1, 0.15) is 65.4 Å². The Morgan fingerprint density at radius 3 is 2.63 bits per heavy atom. The standard InChI is InChI=1S/C30H39BFNO8/c1-15-7-11-30-12-8-19(34)25(30)29(15,4)18(13-28(3,10-9-21(33)35)26(36)16(30)2)24(27(37)38)41-20-6-5-17-14-40-31(39)22(17)23(20)32/h5-6,9-10,15-16,18,24-26,36,39H,7-8,11-14H2,1-4H3,(H2,33,35)(H,37,38)/b10-9+/t15-,16+,18+,24?,25+,26+,28-,29-,30+/m1/s1. The van der Waals surface area contributed by atoms with Crippen molar-refractivity contribution >= 4 is 30.2 Å². The van der Waals surface area contributed by atoms with E-state index < -0.39 is 65.1 Å². The molecule has 1 aromatic carbocycles. The lowest BCUT2D eigenvalue weighted by atomic mass is 9.41. The summed E-state index contributed by atoms with van der Waals surface area (Å²) >= 11 is 0. The van der Waals surface area contributed by atoms with Gasteiger partial charge in [-0.2, -0.15) is 0 Å². The van der Waals surface area contributed by atoms with Crippen LogP contribution >= 0.6 is 0 Å². The molecule has 0 radical (unpaired) electrons. The third-order valence-electron chi connectivity index (χ3n) is 11.3. The van der Waals surface area contributed by atoms with Crippen molar-refractivity contribution in [3.8, 4) is 5.75 Å². The van der Waals surface area contributed by atoms with Gasteiger partial charge in [-0.05, 0) is 66.1 Å². The van der Waals surface area contributed by atoms with E-state index in [-0.39, 0.29) is 41.9 Å². The average molecular weight is 571 g/mol. The highest BCUT2D eigenvalue weighted by atomic mass is 19.1. The monoisotopic (exact) mass is 571 g/mol. The molecule has 11 heteroatoms. The number of aliphatic hydroxyl groups excluding tert-OH is 1. The first-order chi connectivity index (χ1) is 19.2. The normalized spacial score (nSPS) is 39.1.